The van der Waals surface area contributed by atoms with Gasteiger partial charge in [0.05, 0.1) is 24.4 Å². The van der Waals surface area contributed by atoms with Gasteiger partial charge in [-0.15, -0.1) is 0 Å². The highest BCUT2D eigenvalue weighted by Gasteiger charge is 2.50. The van der Waals surface area contributed by atoms with Crippen molar-refractivity contribution in [2.45, 2.75) is 96.6 Å². The zero-order valence-electron chi connectivity index (χ0n) is 23.3. The first-order valence-electron chi connectivity index (χ1n) is 13.0. The molecule has 7 nitrogen and oxygen atoms in total. The summed E-state index contributed by atoms with van der Waals surface area (Å²) in [4.78, 5) is 34.8. The van der Waals surface area contributed by atoms with Crippen LogP contribution in [0.1, 0.15) is 101 Å². The number of carbonyl (C=O) groups is 2. The molecule has 2 heterocycles. The van der Waals surface area contributed by atoms with Crippen LogP contribution in [-0.4, -0.2) is 40.9 Å². The van der Waals surface area contributed by atoms with E-state index in [0.29, 0.717) is 11.3 Å². The second-order valence-corrected chi connectivity index (χ2v) is 12.3. The molecule has 1 fully saturated rings. The van der Waals surface area contributed by atoms with Crippen LogP contribution >= 0.6 is 0 Å². The third-order valence-electron chi connectivity index (χ3n) is 7.21. The fourth-order valence-electron chi connectivity index (χ4n) is 5.68. The highest BCUT2D eigenvalue weighted by molar-refractivity contribution is 5.96. The molecule has 2 aliphatic heterocycles. The van der Waals surface area contributed by atoms with E-state index in [1.54, 1.807) is 17.0 Å². The Morgan fingerprint density at radius 1 is 0.946 bits per heavy atom. The minimum Gasteiger partial charge on any atom is -0.465 e. The fourth-order valence-corrected chi connectivity index (χ4v) is 5.68. The average molecular weight is 509 g/mol. The zero-order chi connectivity index (χ0) is 27.2. The van der Waals surface area contributed by atoms with Crippen molar-refractivity contribution < 1.29 is 23.9 Å². The third kappa shape index (κ3) is 5.39. The van der Waals surface area contributed by atoms with Gasteiger partial charge in [0, 0.05) is 16.6 Å². The van der Waals surface area contributed by atoms with Crippen LogP contribution in [0.2, 0.25) is 0 Å². The van der Waals surface area contributed by atoms with Crippen LogP contribution in [0.5, 0.6) is 0 Å². The van der Waals surface area contributed by atoms with Gasteiger partial charge < -0.3 is 9.47 Å². The summed E-state index contributed by atoms with van der Waals surface area (Å²) in [6.45, 7) is 14.3. The molecule has 0 aromatic heterocycles. The van der Waals surface area contributed by atoms with E-state index >= 15 is 0 Å². The van der Waals surface area contributed by atoms with E-state index in [1.165, 1.54) is 7.11 Å². The summed E-state index contributed by atoms with van der Waals surface area (Å²) in [6.07, 6.45) is 2.13. The molecule has 2 aromatic carbocycles. The van der Waals surface area contributed by atoms with Gasteiger partial charge in [-0.25, -0.2) is 9.59 Å². The van der Waals surface area contributed by atoms with Gasteiger partial charge in [-0.3, -0.25) is 9.74 Å². The molecular weight excluding hydrogens is 468 g/mol. The lowest BCUT2D eigenvalue weighted by Crippen LogP contribution is -2.58. The number of hydroxylamine groups is 2. The number of amides is 1. The second-order valence-electron chi connectivity index (χ2n) is 12.3. The van der Waals surface area contributed by atoms with Gasteiger partial charge in [-0.1, -0.05) is 36.4 Å². The van der Waals surface area contributed by atoms with Crippen molar-refractivity contribution in [3.05, 3.63) is 65.2 Å². The van der Waals surface area contributed by atoms with Gasteiger partial charge in [0.2, 0.25) is 0 Å². The molecular formula is C30H40N2O5. The van der Waals surface area contributed by atoms with Crippen LogP contribution < -0.4 is 4.90 Å². The number of carbonyl (C=O) groups excluding carboxylic acids is 2. The number of esters is 1. The Labute approximate surface area is 220 Å². The van der Waals surface area contributed by atoms with Crippen LogP contribution in [0, 0.1) is 0 Å². The topological polar surface area (TPSA) is 68.3 Å². The molecule has 4 rings (SSSR count). The largest absolute Gasteiger partial charge is 0.465 e. The summed E-state index contributed by atoms with van der Waals surface area (Å²) >= 11 is 0. The highest BCUT2D eigenvalue weighted by Crippen LogP contribution is 2.53. The predicted molar refractivity (Wildman–Crippen MR) is 143 cm³/mol. The van der Waals surface area contributed by atoms with E-state index in [9.17, 15) is 9.59 Å². The SMILES string of the molecule is COC(=O)c1ccc2c(c1)N(C(=O)OC(C)(C)C)[C@H](c1ccccc1)[C@H]2ON1C(C)(C)CCCC1(C)C. The van der Waals surface area contributed by atoms with Crippen molar-refractivity contribution in [2.24, 2.45) is 0 Å². The van der Waals surface area contributed by atoms with E-state index < -0.39 is 29.8 Å². The van der Waals surface area contributed by atoms with Crippen molar-refractivity contribution in [1.29, 1.82) is 0 Å². The zero-order valence-corrected chi connectivity index (χ0v) is 23.3. The minimum absolute atomic E-state index is 0.200. The Balaban J connectivity index is 1.89. The summed E-state index contributed by atoms with van der Waals surface area (Å²) in [6, 6.07) is 14.7. The lowest BCUT2D eigenvalue weighted by atomic mass is 9.82. The molecule has 37 heavy (non-hydrogen) atoms. The molecule has 0 unspecified atom stereocenters. The number of nitrogens with zero attached hydrogens (tertiary/aromatic N) is 2. The molecule has 0 aliphatic carbocycles. The average Bonchev–Trinajstić information content (AvgIpc) is 3.13. The summed E-state index contributed by atoms with van der Waals surface area (Å²) < 4.78 is 10.9. The number of hydrogen-bond acceptors (Lipinski definition) is 6. The quantitative estimate of drug-likeness (QED) is 0.415. The lowest BCUT2D eigenvalue weighted by molar-refractivity contribution is -0.309. The van der Waals surface area contributed by atoms with E-state index in [4.69, 9.17) is 14.3 Å². The normalized spacial score (nSPS) is 22.9. The standard InChI is InChI=1S/C30H40N2O5/c1-28(2,3)36-27(34)31-23-19-21(26(33)35-8)15-16-22(23)25(24(31)20-13-10-9-11-14-20)37-32-29(4,5)17-12-18-30(32,6)7/h9-11,13-16,19,24-25H,12,17-18H2,1-8H3/t24-,25+/m1/s1. The van der Waals surface area contributed by atoms with E-state index in [0.717, 1.165) is 30.4 Å². The maximum Gasteiger partial charge on any atom is 0.415 e. The Kier molecular flexibility index (Phi) is 7.16. The molecule has 0 spiro atoms. The van der Waals surface area contributed by atoms with Crippen LogP contribution in [-0.2, 0) is 14.3 Å². The van der Waals surface area contributed by atoms with Gasteiger partial charge in [0.25, 0.3) is 0 Å². The number of hydrogen-bond donors (Lipinski definition) is 0. The van der Waals surface area contributed by atoms with Crippen molar-refractivity contribution in [1.82, 2.24) is 5.06 Å². The molecule has 7 heteroatoms. The Hall–Kier alpha value is -2.90. The number of methoxy groups -OCH3 is 1. The lowest BCUT2D eigenvalue weighted by Gasteiger charge is -2.52. The first-order valence-corrected chi connectivity index (χ1v) is 13.0. The molecule has 0 radical (unpaired) electrons. The van der Waals surface area contributed by atoms with Crippen molar-refractivity contribution in [2.75, 3.05) is 12.0 Å². The van der Waals surface area contributed by atoms with Crippen LogP contribution in [0.3, 0.4) is 0 Å². The Morgan fingerprint density at radius 2 is 1.57 bits per heavy atom. The molecule has 2 aromatic rings. The third-order valence-corrected chi connectivity index (χ3v) is 7.21. The molecule has 1 amide bonds. The summed E-state index contributed by atoms with van der Waals surface area (Å²) in [7, 11) is 1.35. The smallest absolute Gasteiger partial charge is 0.415 e. The summed E-state index contributed by atoms with van der Waals surface area (Å²) in [5, 5.41) is 2.13. The number of piperidine rings is 1. The minimum atomic E-state index is -0.700. The summed E-state index contributed by atoms with van der Waals surface area (Å²) in [5.74, 6) is -0.467. The molecule has 2 aliphatic rings. The molecule has 0 N–H and O–H groups in total. The van der Waals surface area contributed by atoms with Crippen molar-refractivity contribution in [3.63, 3.8) is 0 Å². The Bertz CT molecular complexity index is 1140. The number of anilines is 1. The molecule has 2 atom stereocenters. The second kappa shape index (κ2) is 9.76. The molecule has 200 valence electrons. The summed E-state index contributed by atoms with van der Waals surface area (Å²) in [5.41, 5.74) is 1.59. The Morgan fingerprint density at radius 3 is 2.14 bits per heavy atom. The van der Waals surface area contributed by atoms with Gasteiger partial charge in [-0.2, -0.15) is 5.06 Å². The monoisotopic (exact) mass is 508 g/mol. The van der Waals surface area contributed by atoms with Crippen molar-refractivity contribution in [3.8, 4) is 0 Å². The number of fused-ring (bicyclic) bond motifs is 1. The van der Waals surface area contributed by atoms with E-state index in [1.807, 2.05) is 57.2 Å². The van der Waals surface area contributed by atoms with Gasteiger partial charge >= 0.3 is 12.1 Å². The first-order chi connectivity index (χ1) is 17.2. The maximum absolute atomic E-state index is 13.8. The highest BCUT2D eigenvalue weighted by atomic mass is 16.7. The molecule has 0 saturated carbocycles. The number of ether oxygens (including phenoxy) is 2. The van der Waals surface area contributed by atoms with Gasteiger partial charge in [-0.05, 0) is 85.4 Å². The van der Waals surface area contributed by atoms with Crippen LogP contribution in [0.15, 0.2) is 48.5 Å². The van der Waals surface area contributed by atoms with E-state index in [2.05, 4.69) is 32.8 Å². The number of rotatable bonds is 4. The maximum atomic E-state index is 13.8. The number of benzene rings is 2. The van der Waals surface area contributed by atoms with Gasteiger partial charge in [0.15, 0.2) is 0 Å². The molecule has 1 saturated heterocycles. The first kappa shape index (κ1) is 27.1. The van der Waals surface area contributed by atoms with Crippen LogP contribution in [0.25, 0.3) is 0 Å². The molecule has 0 bridgehead atoms. The van der Waals surface area contributed by atoms with E-state index in [-0.39, 0.29) is 11.1 Å². The predicted octanol–water partition coefficient (Wildman–Crippen LogP) is 6.99. The van der Waals surface area contributed by atoms with Crippen molar-refractivity contribution >= 4 is 17.7 Å². The van der Waals surface area contributed by atoms with Gasteiger partial charge in [0.1, 0.15) is 11.7 Å². The fraction of sp³-hybridized carbons (Fsp3) is 0.533. The van der Waals surface area contributed by atoms with Crippen LogP contribution in [0.4, 0.5) is 10.5 Å².